The molecule has 0 bridgehead atoms. The van der Waals surface area contributed by atoms with Crippen molar-refractivity contribution in [3.63, 3.8) is 0 Å². The van der Waals surface area contributed by atoms with Gasteiger partial charge >= 0.3 is 0 Å². The molecule has 0 unspecified atom stereocenters. The quantitative estimate of drug-likeness (QED) is 0.115. The lowest BCUT2D eigenvalue weighted by Gasteiger charge is -2.20. The Kier molecular flexibility index (Phi) is 17.4. The van der Waals surface area contributed by atoms with Crippen molar-refractivity contribution in [2.24, 2.45) is 0 Å². The van der Waals surface area contributed by atoms with Gasteiger partial charge in [-0.1, -0.05) is 62.1 Å². The van der Waals surface area contributed by atoms with Crippen LogP contribution in [0.1, 0.15) is 70.6 Å². The van der Waals surface area contributed by atoms with Crippen LogP contribution in [-0.2, 0) is 19.2 Å². The Morgan fingerprint density at radius 3 is 1.90 bits per heavy atom. The van der Waals surface area contributed by atoms with E-state index in [1.807, 2.05) is 48.5 Å². The predicted octanol–water partition coefficient (Wildman–Crippen LogP) is 5.38. The zero-order chi connectivity index (χ0) is 29.7. The molecule has 0 radical (unpaired) electrons. The van der Waals surface area contributed by atoms with E-state index in [9.17, 15) is 19.2 Å². The van der Waals surface area contributed by atoms with Crippen LogP contribution in [0.2, 0.25) is 0 Å². The Hall–Kier alpha value is -2.98. The van der Waals surface area contributed by atoms with E-state index < -0.39 is 12.1 Å². The van der Waals surface area contributed by atoms with E-state index >= 15 is 0 Å². The van der Waals surface area contributed by atoms with Crippen molar-refractivity contribution in [3.05, 3.63) is 60.7 Å². The van der Waals surface area contributed by atoms with E-state index in [1.54, 1.807) is 12.1 Å². The molecule has 4 amide bonds. The maximum absolute atomic E-state index is 12.6. The monoisotopic (exact) mass is 600 g/mol. The van der Waals surface area contributed by atoms with Gasteiger partial charge in [-0.2, -0.15) is 25.3 Å². The molecule has 2 aromatic carbocycles. The van der Waals surface area contributed by atoms with Crippen molar-refractivity contribution in [1.82, 2.24) is 10.6 Å². The number of hydrogen-bond acceptors (Lipinski definition) is 6. The van der Waals surface area contributed by atoms with Crippen LogP contribution in [0, 0.1) is 0 Å². The lowest BCUT2D eigenvalue weighted by molar-refractivity contribution is -0.128. The minimum atomic E-state index is -0.620. The highest BCUT2D eigenvalue weighted by atomic mass is 32.1. The first-order chi connectivity index (χ1) is 19.9. The van der Waals surface area contributed by atoms with E-state index in [0.29, 0.717) is 31.4 Å². The van der Waals surface area contributed by atoms with Gasteiger partial charge in [0.15, 0.2) is 0 Å². The molecule has 0 spiro atoms. The summed E-state index contributed by atoms with van der Waals surface area (Å²) in [5.41, 5.74) is 1.57. The van der Waals surface area contributed by atoms with Crippen molar-refractivity contribution in [2.75, 3.05) is 22.1 Å². The number of unbranched alkanes of at least 4 members (excludes halogenated alkanes) is 5. The van der Waals surface area contributed by atoms with Gasteiger partial charge in [0, 0.05) is 24.2 Å². The van der Waals surface area contributed by atoms with Gasteiger partial charge in [0.1, 0.15) is 12.1 Å². The smallest absolute Gasteiger partial charge is 0.246 e. The van der Waals surface area contributed by atoms with Crippen LogP contribution in [-0.4, -0.2) is 47.2 Å². The van der Waals surface area contributed by atoms with Crippen LogP contribution in [0.3, 0.4) is 0 Å². The van der Waals surface area contributed by atoms with Crippen LogP contribution >= 0.6 is 25.3 Å². The lowest BCUT2D eigenvalue weighted by atomic mass is 10.1. The molecular formula is C31H44N4O4S2. The van der Waals surface area contributed by atoms with Gasteiger partial charge in [-0.3, -0.25) is 19.2 Å². The molecule has 224 valence electrons. The molecule has 0 aromatic heterocycles. The van der Waals surface area contributed by atoms with E-state index in [0.717, 1.165) is 55.7 Å². The molecule has 1 fully saturated rings. The average Bonchev–Trinajstić information content (AvgIpc) is 3.42. The minimum absolute atomic E-state index is 0.108. The Morgan fingerprint density at radius 1 is 0.780 bits per heavy atom. The number of para-hydroxylation sites is 2. The average molecular weight is 601 g/mol. The normalized spacial score (nSPS) is 14.7. The maximum Gasteiger partial charge on any atom is 0.246 e. The summed E-state index contributed by atoms with van der Waals surface area (Å²) in [7, 11) is 0. The molecule has 4 N–H and O–H groups in total. The fourth-order valence-corrected chi connectivity index (χ4v) is 4.68. The molecule has 8 nitrogen and oxygen atoms in total. The zero-order valence-electron chi connectivity index (χ0n) is 23.6. The van der Waals surface area contributed by atoms with Gasteiger partial charge < -0.3 is 21.3 Å². The summed E-state index contributed by atoms with van der Waals surface area (Å²) in [6.45, 7) is 0. The number of thiol groups is 2. The highest BCUT2D eigenvalue weighted by Gasteiger charge is 2.30. The first kappa shape index (κ1) is 34.2. The molecule has 0 saturated carbocycles. The van der Waals surface area contributed by atoms with Crippen molar-refractivity contribution < 1.29 is 19.2 Å². The van der Waals surface area contributed by atoms with Gasteiger partial charge in [-0.15, -0.1) is 0 Å². The first-order valence-corrected chi connectivity index (χ1v) is 15.7. The zero-order valence-corrected chi connectivity index (χ0v) is 25.4. The Balaban J connectivity index is 0.000000317. The first-order valence-electron chi connectivity index (χ1n) is 14.4. The fourth-order valence-electron chi connectivity index (χ4n) is 4.24. The standard InChI is InChI=1S/C18H25N3O3S.C13H19NOS/c22-16-11-10-15(20-16)18(24)21-14(9-5-2-6-12-25)17(23)19-13-7-3-1-4-8-13;15-13(10-6-1-2-7-11-16)14-12-8-4-3-5-9-12/h1,3-4,7-8,14-15,25H,2,5-6,9-12H2,(H,19,23)(H,20,22)(H,21,24);3-5,8-9,16H,1-2,6-7,10-11H2,(H,14,15)/t14-,15+;/m0./s1. The molecule has 1 heterocycles. The summed E-state index contributed by atoms with van der Waals surface area (Å²) in [5, 5.41) is 11.1. The van der Waals surface area contributed by atoms with E-state index in [4.69, 9.17) is 0 Å². The Morgan fingerprint density at radius 2 is 1.34 bits per heavy atom. The van der Waals surface area contributed by atoms with Crippen molar-refractivity contribution in [1.29, 1.82) is 0 Å². The summed E-state index contributed by atoms with van der Waals surface area (Å²) in [4.78, 5) is 47.7. The van der Waals surface area contributed by atoms with Gasteiger partial charge in [0.2, 0.25) is 23.6 Å². The number of carbonyl (C=O) groups excluding carboxylic acids is 4. The molecule has 1 aliphatic rings. The van der Waals surface area contributed by atoms with Crippen molar-refractivity contribution in [2.45, 2.75) is 82.7 Å². The highest BCUT2D eigenvalue weighted by molar-refractivity contribution is 7.80. The lowest BCUT2D eigenvalue weighted by Crippen LogP contribution is -2.50. The molecule has 2 atom stereocenters. The summed E-state index contributed by atoms with van der Waals surface area (Å²) >= 11 is 8.34. The van der Waals surface area contributed by atoms with Crippen molar-refractivity contribution >= 4 is 60.3 Å². The number of anilines is 2. The van der Waals surface area contributed by atoms with Gasteiger partial charge in [0.05, 0.1) is 0 Å². The van der Waals surface area contributed by atoms with Crippen LogP contribution in [0.5, 0.6) is 0 Å². The molecule has 10 heteroatoms. The van der Waals surface area contributed by atoms with Crippen LogP contribution in [0.25, 0.3) is 0 Å². The van der Waals surface area contributed by atoms with Crippen molar-refractivity contribution in [3.8, 4) is 0 Å². The van der Waals surface area contributed by atoms with Crippen LogP contribution in [0.15, 0.2) is 60.7 Å². The third-order valence-electron chi connectivity index (χ3n) is 6.51. The van der Waals surface area contributed by atoms with Gasteiger partial charge in [-0.25, -0.2) is 0 Å². The number of hydrogen-bond donors (Lipinski definition) is 6. The fraction of sp³-hybridized carbons (Fsp3) is 0.484. The second-order valence-corrected chi connectivity index (χ2v) is 10.8. The van der Waals surface area contributed by atoms with E-state index in [1.165, 1.54) is 6.42 Å². The summed E-state index contributed by atoms with van der Waals surface area (Å²) in [6, 6.07) is 17.6. The van der Waals surface area contributed by atoms with E-state index in [2.05, 4.69) is 46.5 Å². The Labute approximate surface area is 255 Å². The number of benzene rings is 2. The van der Waals surface area contributed by atoms with Gasteiger partial charge in [0.25, 0.3) is 0 Å². The molecule has 1 aliphatic heterocycles. The predicted molar refractivity (Wildman–Crippen MR) is 172 cm³/mol. The second kappa shape index (κ2) is 20.8. The van der Waals surface area contributed by atoms with Gasteiger partial charge in [-0.05, 0) is 67.9 Å². The highest BCUT2D eigenvalue weighted by Crippen LogP contribution is 2.12. The molecule has 2 aromatic rings. The summed E-state index contributed by atoms with van der Waals surface area (Å²) in [5.74, 6) is 1.19. The molecule has 41 heavy (non-hydrogen) atoms. The molecule has 0 aliphatic carbocycles. The minimum Gasteiger partial charge on any atom is -0.344 e. The largest absolute Gasteiger partial charge is 0.344 e. The molecular weight excluding hydrogens is 556 g/mol. The molecule has 3 rings (SSSR count). The van der Waals surface area contributed by atoms with Crippen LogP contribution < -0.4 is 21.3 Å². The SMILES string of the molecule is O=C(CCCCCCS)Nc1ccccc1.O=C1CC[C@H](C(=O)N[C@@H](CCCCCS)C(=O)Nc2ccccc2)N1. The maximum atomic E-state index is 12.6. The molecule has 1 saturated heterocycles. The summed E-state index contributed by atoms with van der Waals surface area (Å²) < 4.78 is 0. The number of nitrogens with one attached hydrogen (secondary N) is 4. The van der Waals surface area contributed by atoms with E-state index in [-0.39, 0.29) is 23.6 Å². The number of amides is 4. The topological polar surface area (TPSA) is 116 Å². The Bertz CT molecular complexity index is 1060. The van der Waals surface area contributed by atoms with Crippen LogP contribution in [0.4, 0.5) is 11.4 Å². The number of carbonyl (C=O) groups is 4. The third-order valence-corrected chi connectivity index (χ3v) is 7.14. The number of rotatable bonds is 16. The second-order valence-electron chi connectivity index (χ2n) is 9.95. The third kappa shape index (κ3) is 15.0. The summed E-state index contributed by atoms with van der Waals surface area (Å²) in [6.07, 6.45) is 9.13.